The quantitative estimate of drug-likeness (QED) is 0.870. The molecule has 0 saturated heterocycles. The fourth-order valence-electron chi connectivity index (χ4n) is 1.76. The van der Waals surface area contributed by atoms with Gasteiger partial charge in [0, 0.05) is 18.2 Å². The Balaban J connectivity index is 1.80. The Kier molecular flexibility index (Phi) is 2.82. The maximum atomic E-state index is 11.9. The van der Waals surface area contributed by atoms with Crippen LogP contribution in [0.2, 0.25) is 0 Å². The van der Waals surface area contributed by atoms with E-state index in [2.05, 4.69) is 10.3 Å². The van der Waals surface area contributed by atoms with Crippen LogP contribution in [0.3, 0.4) is 0 Å². The summed E-state index contributed by atoms with van der Waals surface area (Å²) >= 11 is 1.63. The topological polar surface area (TPSA) is 44.9 Å². The van der Waals surface area contributed by atoms with Gasteiger partial charge in [-0.15, -0.1) is 11.3 Å². The number of aromatic nitrogens is 1. The number of aromatic amines is 1. The zero-order valence-electron chi connectivity index (χ0n) is 9.40. The predicted molar refractivity (Wildman–Crippen MR) is 70.2 cm³/mol. The van der Waals surface area contributed by atoms with Gasteiger partial charge in [0.25, 0.3) is 5.56 Å². The van der Waals surface area contributed by atoms with Crippen molar-refractivity contribution in [1.29, 1.82) is 0 Å². The molecule has 1 fully saturated rings. The van der Waals surface area contributed by atoms with E-state index in [-0.39, 0.29) is 5.56 Å². The van der Waals surface area contributed by atoms with Gasteiger partial charge in [0.2, 0.25) is 0 Å². The van der Waals surface area contributed by atoms with Gasteiger partial charge in [-0.25, -0.2) is 0 Å². The highest BCUT2D eigenvalue weighted by Crippen LogP contribution is 2.22. The summed E-state index contributed by atoms with van der Waals surface area (Å²) in [6.07, 6.45) is 2.48. The van der Waals surface area contributed by atoms with Crippen LogP contribution in [0, 0.1) is 0 Å². The molecule has 88 valence electrons. The molecule has 0 aromatic carbocycles. The van der Waals surface area contributed by atoms with Crippen molar-refractivity contribution < 1.29 is 0 Å². The molecule has 0 atom stereocenters. The van der Waals surface area contributed by atoms with Crippen LogP contribution < -0.4 is 10.9 Å². The van der Waals surface area contributed by atoms with E-state index in [9.17, 15) is 4.79 Å². The minimum atomic E-state index is 0.0176. The van der Waals surface area contributed by atoms with E-state index in [1.165, 1.54) is 12.8 Å². The molecular weight excluding hydrogens is 232 g/mol. The van der Waals surface area contributed by atoms with E-state index < -0.39 is 0 Å². The lowest BCUT2D eigenvalue weighted by Gasteiger charge is -2.03. The fraction of sp³-hybridized carbons (Fsp3) is 0.308. The fourth-order valence-corrected chi connectivity index (χ4v) is 2.47. The molecule has 2 heterocycles. The Labute approximate surface area is 104 Å². The van der Waals surface area contributed by atoms with Gasteiger partial charge in [-0.3, -0.25) is 4.79 Å². The van der Waals surface area contributed by atoms with E-state index >= 15 is 0 Å². The molecule has 0 spiro atoms. The lowest BCUT2D eigenvalue weighted by molar-refractivity contribution is 0.682. The first-order valence-corrected chi connectivity index (χ1v) is 6.70. The smallest absolute Gasteiger partial charge is 0.252 e. The lowest BCUT2D eigenvalue weighted by Crippen LogP contribution is -2.22. The Morgan fingerprint density at radius 1 is 1.35 bits per heavy atom. The summed E-state index contributed by atoms with van der Waals surface area (Å²) in [5.41, 5.74) is 1.74. The van der Waals surface area contributed by atoms with Crippen LogP contribution in [0.4, 0.5) is 0 Å². The molecule has 4 heteroatoms. The van der Waals surface area contributed by atoms with Gasteiger partial charge in [0.05, 0.1) is 10.6 Å². The van der Waals surface area contributed by atoms with Crippen LogP contribution in [0.5, 0.6) is 0 Å². The Bertz CT molecular complexity index is 555. The van der Waals surface area contributed by atoms with Gasteiger partial charge in [0.1, 0.15) is 0 Å². The number of hydrogen-bond donors (Lipinski definition) is 2. The van der Waals surface area contributed by atoms with Crippen molar-refractivity contribution in [2.24, 2.45) is 0 Å². The first-order valence-electron chi connectivity index (χ1n) is 5.82. The Hall–Kier alpha value is -1.39. The van der Waals surface area contributed by atoms with Crippen molar-refractivity contribution in [2.75, 3.05) is 0 Å². The predicted octanol–water partition coefficient (Wildman–Crippen LogP) is 2.36. The highest BCUT2D eigenvalue weighted by atomic mass is 32.1. The first-order chi connectivity index (χ1) is 8.33. The highest BCUT2D eigenvalue weighted by molar-refractivity contribution is 7.13. The van der Waals surface area contributed by atoms with Crippen LogP contribution >= 0.6 is 11.3 Å². The van der Waals surface area contributed by atoms with E-state index in [4.69, 9.17) is 0 Å². The average Bonchev–Trinajstić information content (AvgIpc) is 3.00. The molecule has 3 nitrogen and oxygen atoms in total. The minimum absolute atomic E-state index is 0.0176. The van der Waals surface area contributed by atoms with Crippen LogP contribution in [0.15, 0.2) is 34.4 Å². The van der Waals surface area contributed by atoms with Gasteiger partial charge in [0.15, 0.2) is 0 Å². The molecule has 0 radical (unpaired) electrons. The van der Waals surface area contributed by atoms with Crippen LogP contribution in [0.1, 0.15) is 18.4 Å². The molecule has 3 rings (SSSR count). The van der Waals surface area contributed by atoms with E-state index in [1.807, 2.05) is 29.6 Å². The second kappa shape index (κ2) is 4.47. The number of rotatable bonds is 4. The molecule has 0 amide bonds. The molecule has 0 aliphatic heterocycles. The summed E-state index contributed by atoms with van der Waals surface area (Å²) in [7, 11) is 0. The Morgan fingerprint density at radius 3 is 2.88 bits per heavy atom. The number of hydrogen-bond acceptors (Lipinski definition) is 3. The summed E-state index contributed by atoms with van der Waals surface area (Å²) in [6.45, 7) is 0.671. The van der Waals surface area contributed by atoms with Gasteiger partial charge in [-0.05, 0) is 30.4 Å². The molecule has 1 aliphatic carbocycles. The highest BCUT2D eigenvalue weighted by Gasteiger charge is 2.20. The average molecular weight is 246 g/mol. The van der Waals surface area contributed by atoms with Gasteiger partial charge < -0.3 is 10.3 Å². The van der Waals surface area contributed by atoms with Gasteiger partial charge in [-0.2, -0.15) is 0 Å². The SMILES string of the molecule is O=c1[nH]c(-c2cccs2)ccc1CNC1CC1. The molecule has 0 bridgehead atoms. The third-order valence-electron chi connectivity index (χ3n) is 2.94. The van der Waals surface area contributed by atoms with Gasteiger partial charge >= 0.3 is 0 Å². The largest absolute Gasteiger partial charge is 0.321 e. The van der Waals surface area contributed by atoms with Crippen LogP contribution in [-0.2, 0) is 6.54 Å². The number of nitrogens with one attached hydrogen (secondary N) is 2. The Morgan fingerprint density at radius 2 is 2.24 bits per heavy atom. The van der Waals surface area contributed by atoms with Gasteiger partial charge in [-0.1, -0.05) is 12.1 Å². The monoisotopic (exact) mass is 246 g/mol. The summed E-state index contributed by atoms with van der Waals surface area (Å²) < 4.78 is 0. The van der Waals surface area contributed by atoms with Crippen LogP contribution in [-0.4, -0.2) is 11.0 Å². The van der Waals surface area contributed by atoms with Crippen molar-refractivity contribution >= 4 is 11.3 Å². The summed E-state index contributed by atoms with van der Waals surface area (Å²) in [5, 5.41) is 5.36. The van der Waals surface area contributed by atoms with Crippen LogP contribution in [0.25, 0.3) is 10.6 Å². The molecule has 17 heavy (non-hydrogen) atoms. The normalized spacial score (nSPS) is 15.1. The second-order valence-electron chi connectivity index (χ2n) is 4.36. The van der Waals surface area contributed by atoms with Crippen molar-refractivity contribution in [1.82, 2.24) is 10.3 Å². The standard InChI is InChI=1S/C13H14N2OS/c16-13-9(8-14-10-4-5-10)3-6-11(15-13)12-2-1-7-17-12/h1-3,6-7,10,14H,4-5,8H2,(H,15,16). The maximum Gasteiger partial charge on any atom is 0.252 e. The zero-order chi connectivity index (χ0) is 11.7. The molecule has 1 aliphatic rings. The van der Waals surface area contributed by atoms with Crippen molar-refractivity contribution in [3.05, 3.63) is 45.6 Å². The van der Waals surface area contributed by atoms with E-state index in [0.29, 0.717) is 12.6 Å². The minimum Gasteiger partial charge on any atom is -0.321 e. The van der Waals surface area contributed by atoms with Crippen molar-refractivity contribution in [3.8, 4) is 10.6 Å². The third-order valence-corrected chi connectivity index (χ3v) is 3.84. The zero-order valence-corrected chi connectivity index (χ0v) is 10.2. The van der Waals surface area contributed by atoms with Crippen molar-refractivity contribution in [3.63, 3.8) is 0 Å². The summed E-state index contributed by atoms with van der Waals surface area (Å²) in [5.74, 6) is 0. The molecule has 1 saturated carbocycles. The van der Waals surface area contributed by atoms with E-state index in [0.717, 1.165) is 16.1 Å². The first kappa shape index (κ1) is 10.7. The molecule has 2 N–H and O–H groups in total. The second-order valence-corrected chi connectivity index (χ2v) is 5.31. The number of thiophene rings is 1. The number of pyridine rings is 1. The lowest BCUT2D eigenvalue weighted by atomic mass is 10.2. The van der Waals surface area contributed by atoms with Crippen molar-refractivity contribution in [2.45, 2.75) is 25.4 Å². The molecule has 0 unspecified atom stereocenters. The number of H-pyrrole nitrogens is 1. The maximum absolute atomic E-state index is 11.9. The molecule has 2 aromatic heterocycles. The summed E-state index contributed by atoms with van der Waals surface area (Å²) in [4.78, 5) is 15.9. The molecule has 2 aromatic rings. The van der Waals surface area contributed by atoms with E-state index in [1.54, 1.807) is 11.3 Å². The summed E-state index contributed by atoms with van der Waals surface area (Å²) in [6, 6.07) is 8.53. The third kappa shape index (κ3) is 2.48. The molecular formula is C13H14N2OS.